The van der Waals surface area contributed by atoms with Gasteiger partial charge in [0.2, 0.25) is 0 Å². The van der Waals surface area contributed by atoms with Gasteiger partial charge in [0.1, 0.15) is 5.82 Å². The van der Waals surface area contributed by atoms with Crippen molar-refractivity contribution in [2.45, 2.75) is 19.4 Å². The predicted molar refractivity (Wildman–Crippen MR) is 54.4 cm³/mol. The van der Waals surface area contributed by atoms with Crippen LogP contribution < -0.4 is 0 Å². The summed E-state index contributed by atoms with van der Waals surface area (Å²) in [5, 5.41) is 9.61. The molecule has 72 valence electrons. The summed E-state index contributed by atoms with van der Waals surface area (Å²) < 4.78 is 14.0. The largest absolute Gasteiger partial charge is 0.386 e. The van der Waals surface area contributed by atoms with Crippen molar-refractivity contribution in [3.05, 3.63) is 33.0 Å². The molecule has 0 spiro atoms. The highest BCUT2D eigenvalue weighted by atomic mass is 79.9. The van der Waals surface area contributed by atoms with Crippen LogP contribution in [0.4, 0.5) is 4.39 Å². The second kappa shape index (κ2) is 3.56. The fourth-order valence-electron chi connectivity index (χ4n) is 1.00. The van der Waals surface area contributed by atoms with Crippen LogP contribution in [0.5, 0.6) is 0 Å². The number of rotatable bonds is 1. The SMILES string of the molecule is CC(C)(O)c1cc(Br)cc(Cl)c1F. The second-order valence-corrected chi connectivity index (χ2v) is 4.63. The Labute approximate surface area is 89.7 Å². The Morgan fingerprint density at radius 2 is 2.00 bits per heavy atom. The van der Waals surface area contributed by atoms with E-state index in [2.05, 4.69) is 15.9 Å². The van der Waals surface area contributed by atoms with Crippen LogP contribution in [0, 0.1) is 5.82 Å². The molecule has 0 aliphatic rings. The summed E-state index contributed by atoms with van der Waals surface area (Å²) in [4.78, 5) is 0. The molecule has 0 aliphatic carbocycles. The Morgan fingerprint density at radius 1 is 1.46 bits per heavy atom. The molecule has 1 aromatic carbocycles. The van der Waals surface area contributed by atoms with Crippen molar-refractivity contribution < 1.29 is 9.50 Å². The van der Waals surface area contributed by atoms with Crippen molar-refractivity contribution in [1.29, 1.82) is 0 Å². The van der Waals surface area contributed by atoms with E-state index in [1.807, 2.05) is 0 Å². The van der Waals surface area contributed by atoms with Gasteiger partial charge in [0.05, 0.1) is 10.6 Å². The summed E-state index contributed by atoms with van der Waals surface area (Å²) >= 11 is 8.79. The Morgan fingerprint density at radius 3 is 2.46 bits per heavy atom. The van der Waals surface area contributed by atoms with E-state index in [0.717, 1.165) is 0 Å². The van der Waals surface area contributed by atoms with E-state index in [-0.39, 0.29) is 10.6 Å². The number of benzene rings is 1. The molecule has 0 amide bonds. The lowest BCUT2D eigenvalue weighted by Crippen LogP contribution is -2.17. The van der Waals surface area contributed by atoms with Gasteiger partial charge in [-0.15, -0.1) is 0 Å². The van der Waals surface area contributed by atoms with Crippen LogP contribution in [0.3, 0.4) is 0 Å². The minimum atomic E-state index is -1.22. The van der Waals surface area contributed by atoms with Gasteiger partial charge in [0.15, 0.2) is 0 Å². The van der Waals surface area contributed by atoms with E-state index >= 15 is 0 Å². The number of hydrogen-bond acceptors (Lipinski definition) is 1. The molecule has 0 aliphatic heterocycles. The molecule has 0 bridgehead atoms. The third kappa shape index (κ3) is 2.42. The van der Waals surface area contributed by atoms with Gasteiger partial charge in [-0.25, -0.2) is 4.39 Å². The van der Waals surface area contributed by atoms with Crippen LogP contribution in [0.25, 0.3) is 0 Å². The smallest absolute Gasteiger partial charge is 0.147 e. The molecule has 0 unspecified atom stereocenters. The van der Waals surface area contributed by atoms with Gasteiger partial charge >= 0.3 is 0 Å². The molecule has 1 nitrogen and oxygen atoms in total. The van der Waals surface area contributed by atoms with E-state index in [9.17, 15) is 9.50 Å². The van der Waals surface area contributed by atoms with Crippen molar-refractivity contribution >= 4 is 27.5 Å². The molecule has 1 aromatic rings. The maximum atomic E-state index is 13.4. The highest BCUT2D eigenvalue weighted by molar-refractivity contribution is 9.10. The lowest BCUT2D eigenvalue weighted by atomic mass is 9.98. The quantitative estimate of drug-likeness (QED) is 0.773. The average Bonchev–Trinajstić information content (AvgIpc) is 1.94. The predicted octanol–water partition coefficient (Wildman–Crippen LogP) is 3.47. The molecule has 1 N–H and O–H groups in total. The highest BCUT2D eigenvalue weighted by Crippen LogP contribution is 2.30. The summed E-state index contributed by atoms with van der Waals surface area (Å²) in [7, 11) is 0. The van der Waals surface area contributed by atoms with Crippen LogP contribution in [0.1, 0.15) is 19.4 Å². The normalized spacial score (nSPS) is 11.8. The number of aliphatic hydroxyl groups is 1. The zero-order valence-corrected chi connectivity index (χ0v) is 9.58. The van der Waals surface area contributed by atoms with Gasteiger partial charge in [-0.05, 0) is 26.0 Å². The molecular weight excluding hydrogens is 258 g/mol. The second-order valence-electron chi connectivity index (χ2n) is 3.31. The fraction of sp³-hybridized carbons (Fsp3) is 0.333. The molecular formula is C9H9BrClFO. The first-order valence-corrected chi connectivity index (χ1v) is 4.87. The third-order valence-corrected chi connectivity index (χ3v) is 2.38. The summed E-state index contributed by atoms with van der Waals surface area (Å²) in [6, 6.07) is 2.97. The van der Waals surface area contributed by atoms with Crippen molar-refractivity contribution in [2.75, 3.05) is 0 Å². The maximum Gasteiger partial charge on any atom is 0.147 e. The lowest BCUT2D eigenvalue weighted by Gasteiger charge is -2.19. The Kier molecular flexibility index (Phi) is 3.00. The molecule has 1 rings (SSSR count). The zero-order chi connectivity index (χ0) is 10.2. The minimum Gasteiger partial charge on any atom is -0.386 e. The molecule has 0 radical (unpaired) electrons. The van der Waals surface area contributed by atoms with Gasteiger partial charge in [-0.1, -0.05) is 27.5 Å². The standard InChI is InChI=1S/C9H9BrClFO/c1-9(2,13)6-3-5(10)4-7(11)8(6)12/h3-4,13H,1-2H3. The Balaban J connectivity index is 3.37. The number of halogens is 3. The first-order chi connectivity index (χ1) is 5.82. The van der Waals surface area contributed by atoms with Gasteiger partial charge < -0.3 is 5.11 Å². The van der Waals surface area contributed by atoms with Crippen LogP contribution in [-0.4, -0.2) is 5.11 Å². The summed E-state index contributed by atoms with van der Waals surface area (Å²) in [6.07, 6.45) is 0. The lowest BCUT2D eigenvalue weighted by molar-refractivity contribution is 0.0745. The Hall–Kier alpha value is -0.120. The summed E-state index contributed by atoms with van der Waals surface area (Å²) in [5.41, 5.74) is -1.04. The van der Waals surface area contributed by atoms with E-state index in [0.29, 0.717) is 4.47 Å². The first-order valence-electron chi connectivity index (χ1n) is 3.70. The molecule has 0 atom stereocenters. The first kappa shape index (κ1) is 11.0. The third-order valence-electron chi connectivity index (χ3n) is 1.65. The molecule has 0 fully saturated rings. The molecule has 13 heavy (non-hydrogen) atoms. The monoisotopic (exact) mass is 266 g/mol. The Bertz CT molecular complexity index is 333. The fourth-order valence-corrected chi connectivity index (χ4v) is 1.81. The van der Waals surface area contributed by atoms with Crippen molar-refractivity contribution in [1.82, 2.24) is 0 Å². The minimum absolute atomic E-state index is 0.00602. The average molecular weight is 268 g/mol. The van der Waals surface area contributed by atoms with Crippen molar-refractivity contribution in [3.63, 3.8) is 0 Å². The molecule has 4 heteroatoms. The van der Waals surface area contributed by atoms with Gasteiger partial charge in [-0.3, -0.25) is 0 Å². The molecule has 0 saturated carbocycles. The van der Waals surface area contributed by atoms with Crippen LogP contribution >= 0.6 is 27.5 Å². The van der Waals surface area contributed by atoms with Crippen LogP contribution in [-0.2, 0) is 5.60 Å². The van der Waals surface area contributed by atoms with E-state index in [4.69, 9.17) is 11.6 Å². The van der Waals surface area contributed by atoms with Gasteiger partial charge in [-0.2, -0.15) is 0 Å². The van der Waals surface area contributed by atoms with Gasteiger partial charge in [0, 0.05) is 10.0 Å². The number of hydrogen-bond donors (Lipinski definition) is 1. The summed E-state index contributed by atoms with van der Waals surface area (Å²) in [5.74, 6) is -0.572. The molecule has 0 saturated heterocycles. The van der Waals surface area contributed by atoms with Crippen molar-refractivity contribution in [2.24, 2.45) is 0 Å². The maximum absolute atomic E-state index is 13.4. The topological polar surface area (TPSA) is 20.2 Å². The van der Waals surface area contributed by atoms with Crippen LogP contribution in [0.15, 0.2) is 16.6 Å². The highest BCUT2D eigenvalue weighted by Gasteiger charge is 2.22. The summed E-state index contributed by atoms with van der Waals surface area (Å²) in [6.45, 7) is 3.02. The van der Waals surface area contributed by atoms with Crippen molar-refractivity contribution in [3.8, 4) is 0 Å². The van der Waals surface area contributed by atoms with Crippen LogP contribution in [0.2, 0.25) is 5.02 Å². The van der Waals surface area contributed by atoms with E-state index in [1.54, 1.807) is 0 Å². The molecule has 0 aromatic heterocycles. The van der Waals surface area contributed by atoms with Gasteiger partial charge in [0.25, 0.3) is 0 Å². The van der Waals surface area contributed by atoms with E-state index < -0.39 is 11.4 Å². The zero-order valence-electron chi connectivity index (χ0n) is 7.24. The molecule has 0 heterocycles. The van der Waals surface area contributed by atoms with E-state index in [1.165, 1.54) is 26.0 Å².